The Hall–Kier alpha value is -5.97. The molecule has 0 saturated heterocycles. The lowest BCUT2D eigenvalue weighted by Crippen LogP contribution is -2.46. The number of carbonyl (C=O) groups is 4. The molecule has 2 aliphatic rings. The number of amides is 3. The molecule has 0 aliphatic heterocycles. The van der Waals surface area contributed by atoms with Gasteiger partial charge in [0.05, 0.1) is 12.6 Å². The second-order valence-electron chi connectivity index (χ2n) is 13.3. The molecule has 56 heavy (non-hydrogen) atoms. The first kappa shape index (κ1) is 39.7. The number of methoxy groups -OCH3 is 1. The van der Waals surface area contributed by atoms with Crippen molar-refractivity contribution >= 4 is 52.9 Å². The zero-order chi connectivity index (χ0) is 39.9. The van der Waals surface area contributed by atoms with Crippen LogP contribution in [0.4, 0.5) is 30.8 Å². The maximum absolute atomic E-state index is 13.1. The lowest BCUT2D eigenvalue weighted by atomic mass is 10.0. The van der Waals surface area contributed by atoms with Crippen molar-refractivity contribution in [1.82, 2.24) is 30.9 Å². The summed E-state index contributed by atoms with van der Waals surface area (Å²) < 4.78 is 48.6. The summed E-state index contributed by atoms with van der Waals surface area (Å²) >= 11 is 6.03. The molecule has 1 fully saturated rings. The number of esters is 1. The van der Waals surface area contributed by atoms with Crippen molar-refractivity contribution in [2.75, 3.05) is 37.4 Å². The molecule has 1 saturated carbocycles. The molecule has 0 spiro atoms. The average molecular weight is 795 g/mol. The number of anilines is 3. The van der Waals surface area contributed by atoms with Crippen molar-refractivity contribution in [1.29, 1.82) is 0 Å². The van der Waals surface area contributed by atoms with E-state index < -0.39 is 54.1 Å². The fourth-order valence-corrected chi connectivity index (χ4v) is 6.43. The van der Waals surface area contributed by atoms with E-state index in [-0.39, 0.29) is 36.3 Å². The van der Waals surface area contributed by atoms with Crippen molar-refractivity contribution in [3.63, 3.8) is 0 Å². The van der Waals surface area contributed by atoms with E-state index in [0.29, 0.717) is 30.1 Å². The van der Waals surface area contributed by atoms with Gasteiger partial charge in [0.15, 0.2) is 6.61 Å². The van der Waals surface area contributed by atoms with E-state index in [9.17, 15) is 32.3 Å². The maximum atomic E-state index is 13.1. The SMILES string of the molecule is COC(=O)[C@H](CCNC(=O)C(=O)NCC1CCc2ccccc21)NC(=O)c1ccc(Nc2nc(NC3(c4ccc(Cl)cc4)CC3)nc(OCC(F)(F)F)n2)cc1. The number of hydrogen-bond donors (Lipinski definition) is 5. The number of fused-ring (bicyclic) bond motifs is 1. The van der Waals surface area contributed by atoms with Crippen LogP contribution in [0.5, 0.6) is 6.01 Å². The Morgan fingerprint density at radius 2 is 1.61 bits per heavy atom. The van der Waals surface area contributed by atoms with Crippen molar-refractivity contribution < 1.29 is 41.8 Å². The van der Waals surface area contributed by atoms with E-state index in [0.717, 1.165) is 31.1 Å². The summed E-state index contributed by atoms with van der Waals surface area (Å²) in [5.41, 5.74) is 3.24. The summed E-state index contributed by atoms with van der Waals surface area (Å²) in [7, 11) is 1.15. The lowest BCUT2D eigenvalue weighted by molar-refractivity contribution is -0.154. The molecule has 3 aromatic carbocycles. The van der Waals surface area contributed by atoms with E-state index in [4.69, 9.17) is 21.1 Å². The van der Waals surface area contributed by atoms with Crippen LogP contribution in [0.2, 0.25) is 5.02 Å². The van der Waals surface area contributed by atoms with Crippen molar-refractivity contribution in [3.8, 4) is 6.01 Å². The molecule has 2 atom stereocenters. The first-order valence-corrected chi connectivity index (χ1v) is 18.1. The Morgan fingerprint density at radius 3 is 2.30 bits per heavy atom. The van der Waals surface area contributed by atoms with E-state index in [2.05, 4.69) is 41.5 Å². The molecular weight excluding hydrogens is 757 g/mol. The van der Waals surface area contributed by atoms with Crippen LogP contribution in [0.1, 0.15) is 58.6 Å². The number of alkyl halides is 3. The topological polar surface area (TPSA) is 186 Å². The highest BCUT2D eigenvalue weighted by Gasteiger charge is 2.45. The molecular formula is C38H38ClF3N8O6. The van der Waals surface area contributed by atoms with Crippen LogP contribution in [-0.4, -0.2) is 77.7 Å². The summed E-state index contributed by atoms with van der Waals surface area (Å²) in [6.45, 7) is -1.42. The minimum absolute atomic E-state index is 0.0241. The molecule has 3 amide bonds. The van der Waals surface area contributed by atoms with Crippen molar-refractivity contribution in [2.45, 2.75) is 55.8 Å². The van der Waals surface area contributed by atoms with Gasteiger partial charge in [0.2, 0.25) is 11.9 Å². The standard InChI is InChI=1S/C38H38ClF3N8O6/c1-55-33(54)29(16-19-43-31(52)32(53)44-20-24-7-6-22-4-2-3-5-28(22)24)46-30(51)23-8-14-27(15-9-23)45-34-47-35(49-36(48-34)56-21-38(40,41)42)50-37(17-18-37)25-10-12-26(39)13-11-25/h2-5,8-15,24,29H,6-7,16-21H2,1H3,(H,43,52)(H,44,53)(H,46,51)(H2,45,47,48,49,50)/t24?,29-/m0/s1. The summed E-state index contributed by atoms with van der Waals surface area (Å²) in [4.78, 5) is 62.9. The van der Waals surface area contributed by atoms with Crippen LogP contribution in [0.3, 0.4) is 0 Å². The molecule has 0 radical (unpaired) electrons. The predicted octanol–water partition coefficient (Wildman–Crippen LogP) is 4.93. The van der Waals surface area contributed by atoms with Gasteiger partial charge < -0.3 is 36.1 Å². The first-order valence-electron chi connectivity index (χ1n) is 17.7. The number of carbonyl (C=O) groups excluding carboxylic acids is 4. The van der Waals surface area contributed by atoms with Crippen molar-refractivity contribution in [3.05, 3.63) is 100 Å². The van der Waals surface area contributed by atoms with E-state index >= 15 is 0 Å². The Kier molecular flexibility index (Phi) is 12.2. The summed E-state index contributed by atoms with van der Waals surface area (Å²) in [6, 6.07) is 19.3. The normalized spacial score (nSPS) is 15.8. The summed E-state index contributed by atoms with van der Waals surface area (Å²) in [5, 5.41) is 14.3. The Labute approximate surface area is 324 Å². The molecule has 6 rings (SSSR count). The molecule has 1 heterocycles. The summed E-state index contributed by atoms with van der Waals surface area (Å²) in [5.74, 6) is -3.12. The van der Waals surface area contributed by atoms with Gasteiger partial charge in [-0.3, -0.25) is 14.4 Å². The molecule has 4 aromatic rings. The highest BCUT2D eigenvalue weighted by atomic mass is 35.5. The van der Waals surface area contributed by atoms with E-state index in [1.807, 2.05) is 36.4 Å². The molecule has 5 N–H and O–H groups in total. The number of ether oxygens (including phenoxy) is 2. The van der Waals surface area contributed by atoms with Crippen LogP contribution in [-0.2, 0) is 31.1 Å². The van der Waals surface area contributed by atoms with E-state index in [1.165, 1.54) is 29.8 Å². The number of aryl methyl sites for hydroxylation is 1. The number of halogens is 4. The Morgan fingerprint density at radius 1 is 0.911 bits per heavy atom. The number of benzene rings is 3. The number of rotatable bonds is 15. The third kappa shape index (κ3) is 10.4. The Balaban J connectivity index is 1.04. The quantitative estimate of drug-likeness (QED) is 0.0812. The zero-order valence-electron chi connectivity index (χ0n) is 30.0. The van der Waals surface area contributed by atoms with Gasteiger partial charge in [-0.15, -0.1) is 0 Å². The smallest absolute Gasteiger partial charge is 0.422 e. The molecule has 1 aromatic heterocycles. The molecule has 294 valence electrons. The molecule has 14 nitrogen and oxygen atoms in total. The largest absolute Gasteiger partial charge is 0.467 e. The number of hydrogen-bond acceptors (Lipinski definition) is 11. The van der Waals surface area contributed by atoms with Gasteiger partial charge in [-0.1, -0.05) is 48.0 Å². The van der Waals surface area contributed by atoms with Gasteiger partial charge in [-0.2, -0.15) is 28.1 Å². The van der Waals surface area contributed by atoms with Gasteiger partial charge in [-0.25, -0.2) is 4.79 Å². The third-order valence-corrected chi connectivity index (χ3v) is 9.61. The predicted molar refractivity (Wildman–Crippen MR) is 198 cm³/mol. The minimum atomic E-state index is -4.63. The minimum Gasteiger partial charge on any atom is -0.467 e. The third-order valence-electron chi connectivity index (χ3n) is 9.36. The van der Waals surface area contributed by atoms with Gasteiger partial charge in [0.25, 0.3) is 5.91 Å². The lowest BCUT2D eigenvalue weighted by Gasteiger charge is -2.19. The van der Waals surface area contributed by atoms with Gasteiger partial charge in [0, 0.05) is 35.3 Å². The monoisotopic (exact) mass is 794 g/mol. The van der Waals surface area contributed by atoms with E-state index in [1.54, 1.807) is 12.1 Å². The van der Waals surface area contributed by atoms with Crippen LogP contribution in [0, 0.1) is 0 Å². The fraction of sp³-hybridized carbons (Fsp3) is 0.342. The van der Waals surface area contributed by atoms with Crippen LogP contribution in [0.25, 0.3) is 0 Å². The van der Waals surface area contributed by atoms with Gasteiger partial charge in [0.1, 0.15) is 6.04 Å². The second kappa shape index (κ2) is 17.2. The summed E-state index contributed by atoms with van der Waals surface area (Å²) in [6.07, 6.45) is -1.50. The highest BCUT2D eigenvalue weighted by Crippen LogP contribution is 2.48. The molecule has 1 unspecified atom stereocenters. The first-order chi connectivity index (χ1) is 26.8. The molecule has 2 aliphatic carbocycles. The molecule has 0 bridgehead atoms. The number of nitrogens with zero attached hydrogens (tertiary/aromatic N) is 3. The second-order valence-corrected chi connectivity index (χ2v) is 13.8. The van der Waals surface area contributed by atoms with Gasteiger partial charge in [-0.05, 0) is 85.2 Å². The number of aromatic nitrogens is 3. The van der Waals surface area contributed by atoms with Crippen LogP contribution in [0.15, 0.2) is 72.8 Å². The Bertz CT molecular complexity index is 2070. The average Bonchev–Trinajstić information content (AvgIpc) is 3.84. The zero-order valence-corrected chi connectivity index (χ0v) is 30.8. The maximum Gasteiger partial charge on any atom is 0.422 e. The van der Waals surface area contributed by atoms with Gasteiger partial charge >= 0.3 is 30.0 Å². The molecule has 18 heteroatoms. The van der Waals surface area contributed by atoms with Crippen molar-refractivity contribution in [2.24, 2.45) is 0 Å². The highest BCUT2D eigenvalue weighted by molar-refractivity contribution is 6.35. The van der Waals surface area contributed by atoms with Crippen LogP contribution >= 0.6 is 11.6 Å². The number of nitrogens with one attached hydrogen (secondary N) is 5. The fourth-order valence-electron chi connectivity index (χ4n) is 6.30. The van der Waals surface area contributed by atoms with Crippen LogP contribution < -0.4 is 31.3 Å².